The first kappa shape index (κ1) is 19.1. The average molecular weight is 399 g/mol. The molecule has 1 saturated heterocycles. The van der Waals surface area contributed by atoms with Crippen molar-refractivity contribution < 1.29 is 9.59 Å². The van der Waals surface area contributed by atoms with Crippen LogP contribution in [-0.2, 0) is 4.79 Å². The SMILES string of the molecule is Cc1ccc(NC(=O)c2nnc([C@H]3CCCN3C(=O)CC3CCCC3)s2)cc1. The number of hydrogen-bond acceptors (Lipinski definition) is 5. The molecule has 0 bridgehead atoms. The molecule has 1 N–H and O–H groups in total. The number of hydrogen-bond donors (Lipinski definition) is 1. The average Bonchev–Trinajstić information content (AvgIpc) is 3.44. The molecule has 2 fully saturated rings. The Bertz CT molecular complexity index is 842. The van der Waals surface area contributed by atoms with Crippen LogP contribution < -0.4 is 5.32 Å². The Hall–Kier alpha value is -2.28. The van der Waals surface area contributed by atoms with Gasteiger partial charge in [-0.2, -0.15) is 0 Å². The highest BCUT2D eigenvalue weighted by molar-refractivity contribution is 7.13. The van der Waals surface area contributed by atoms with Crippen molar-refractivity contribution in [3.8, 4) is 0 Å². The molecule has 7 heteroatoms. The summed E-state index contributed by atoms with van der Waals surface area (Å²) in [7, 11) is 0. The molecule has 4 rings (SSSR count). The number of carbonyl (C=O) groups excluding carboxylic acids is 2. The Morgan fingerprint density at radius 3 is 2.61 bits per heavy atom. The summed E-state index contributed by atoms with van der Waals surface area (Å²) in [6.07, 6.45) is 7.36. The second kappa shape index (κ2) is 8.39. The molecule has 1 atom stereocenters. The third kappa shape index (κ3) is 4.24. The Morgan fingerprint density at radius 1 is 1.11 bits per heavy atom. The van der Waals surface area contributed by atoms with Gasteiger partial charge in [-0.25, -0.2) is 0 Å². The number of nitrogens with one attached hydrogen (secondary N) is 1. The smallest absolute Gasteiger partial charge is 0.286 e. The Labute approximate surface area is 169 Å². The molecule has 148 valence electrons. The quantitative estimate of drug-likeness (QED) is 0.813. The standard InChI is InChI=1S/C21H26N4O2S/c1-14-8-10-16(11-9-14)22-19(27)21-24-23-20(28-21)17-7-4-12-25(17)18(26)13-15-5-2-3-6-15/h8-11,15,17H,2-7,12-13H2,1H3,(H,22,27)/t17-/m1/s1. The lowest BCUT2D eigenvalue weighted by atomic mass is 10.0. The highest BCUT2D eigenvalue weighted by atomic mass is 32.1. The highest BCUT2D eigenvalue weighted by Crippen LogP contribution is 2.36. The van der Waals surface area contributed by atoms with E-state index in [2.05, 4.69) is 15.5 Å². The third-order valence-corrected chi connectivity index (χ3v) is 6.76. The van der Waals surface area contributed by atoms with Crippen LogP contribution in [0.3, 0.4) is 0 Å². The summed E-state index contributed by atoms with van der Waals surface area (Å²) < 4.78 is 0. The molecule has 1 aliphatic carbocycles. The van der Waals surface area contributed by atoms with Crippen LogP contribution in [0.5, 0.6) is 0 Å². The minimum Gasteiger partial charge on any atom is -0.333 e. The summed E-state index contributed by atoms with van der Waals surface area (Å²) in [5, 5.41) is 12.3. The van der Waals surface area contributed by atoms with E-state index in [4.69, 9.17) is 0 Å². The fourth-order valence-corrected chi connectivity index (χ4v) is 5.07. The molecule has 1 aromatic carbocycles. The fraction of sp³-hybridized carbons (Fsp3) is 0.524. The molecule has 0 unspecified atom stereocenters. The van der Waals surface area contributed by atoms with E-state index in [-0.39, 0.29) is 17.9 Å². The van der Waals surface area contributed by atoms with Crippen molar-refractivity contribution in [1.82, 2.24) is 15.1 Å². The van der Waals surface area contributed by atoms with E-state index < -0.39 is 0 Å². The Balaban J connectivity index is 1.41. The summed E-state index contributed by atoms with van der Waals surface area (Å²) in [4.78, 5) is 27.2. The summed E-state index contributed by atoms with van der Waals surface area (Å²) in [5.41, 5.74) is 1.88. The van der Waals surface area contributed by atoms with Crippen molar-refractivity contribution in [3.63, 3.8) is 0 Å². The molecular formula is C21H26N4O2S. The van der Waals surface area contributed by atoms with Gasteiger partial charge >= 0.3 is 0 Å². The van der Waals surface area contributed by atoms with E-state index in [9.17, 15) is 9.59 Å². The topological polar surface area (TPSA) is 75.2 Å². The number of nitrogens with zero attached hydrogens (tertiary/aromatic N) is 3. The number of rotatable bonds is 5. The van der Waals surface area contributed by atoms with Crippen LogP contribution in [0, 0.1) is 12.8 Å². The van der Waals surface area contributed by atoms with E-state index in [1.54, 1.807) is 0 Å². The number of likely N-dealkylation sites (tertiary alicyclic amines) is 1. The van der Waals surface area contributed by atoms with E-state index in [0.29, 0.717) is 17.3 Å². The molecule has 2 aliphatic rings. The first-order valence-corrected chi connectivity index (χ1v) is 10.9. The van der Waals surface area contributed by atoms with Gasteiger partial charge in [-0.1, -0.05) is 41.9 Å². The highest BCUT2D eigenvalue weighted by Gasteiger charge is 2.34. The van der Waals surface area contributed by atoms with Gasteiger partial charge in [-0.3, -0.25) is 9.59 Å². The Morgan fingerprint density at radius 2 is 1.86 bits per heavy atom. The van der Waals surface area contributed by atoms with Crippen LogP contribution in [0.25, 0.3) is 0 Å². The zero-order chi connectivity index (χ0) is 19.5. The third-order valence-electron chi connectivity index (χ3n) is 5.74. The van der Waals surface area contributed by atoms with Crippen molar-refractivity contribution in [1.29, 1.82) is 0 Å². The summed E-state index contributed by atoms with van der Waals surface area (Å²) in [5.74, 6) is 0.517. The van der Waals surface area contributed by atoms with Crippen LogP contribution in [0.4, 0.5) is 5.69 Å². The summed E-state index contributed by atoms with van der Waals surface area (Å²) in [6.45, 7) is 2.78. The normalized spacial score (nSPS) is 19.9. The van der Waals surface area contributed by atoms with Crippen LogP contribution >= 0.6 is 11.3 Å². The lowest BCUT2D eigenvalue weighted by molar-refractivity contribution is -0.133. The van der Waals surface area contributed by atoms with Gasteiger partial charge in [0.1, 0.15) is 5.01 Å². The zero-order valence-corrected chi connectivity index (χ0v) is 17.0. The first-order chi connectivity index (χ1) is 13.6. The molecular weight excluding hydrogens is 372 g/mol. The van der Waals surface area contributed by atoms with Crippen LogP contribution in [-0.4, -0.2) is 33.5 Å². The first-order valence-electron chi connectivity index (χ1n) is 10.1. The molecule has 0 spiro atoms. The lowest BCUT2D eigenvalue weighted by Gasteiger charge is -2.24. The maximum absolute atomic E-state index is 12.8. The van der Waals surface area contributed by atoms with Crippen molar-refractivity contribution in [2.24, 2.45) is 5.92 Å². The second-order valence-corrected chi connectivity index (χ2v) is 8.87. The number of anilines is 1. The molecule has 6 nitrogen and oxygen atoms in total. The van der Waals surface area contributed by atoms with Crippen LogP contribution in [0.15, 0.2) is 24.3 Å². The van der Waals surface area contributed by atoms with Gasteiger partial charge in [0, 0.05) is 18.7 Å². The number of aryl methyl sites for hydroxylation is 1. The minimum absolute atomic E-state index is 0.0349. The zero-order valence-electron chi connectivity index (χ0n) is 16.2. The van der Waals surface area contributed by atoms with Gasteiger partial charge in [-0.15, -0.1) is 10.2 Å². The monoisotopic (exact) mass is 398 g/mol. The molecule has 2 amide bonds. The van der Waals surface area contributed by atoms with Crippen molar-refractivity contribution in [3.05, 3.63) is 39.8 Å². The number of amides is 2. The van der Waals surface area contributed by atoms with Gasteiger partial charge in [0.05, 0.1) is 6.04 Å². The van der Waals surface area contributed by atoms with Crippen molar-refractivity contribution in [2.45, 2.75) is 57.9 Å². The molecule has 28 heavy (non-hydrogen) atoms. The largest absolute Gasteiger partial charge is 0.333 e. The summed E-state index contributed by atoms with van der Waals surface area (Å²) >= 11 is 1.30. The van der Waals surface area contributed by atoms with E-state index in [0.717, 1.165) is 35.6 Å². The minimum atomic E-state index is -0.255. The maximum Gasteiger partial charge on any atom is 0.286 e. The van der Waals surface area contributed by atoms with E-state index in [1.807, 2.05) is 36.1 Å². The summed E-state index contributed by atoms with van der Waals surface area (Å²) in [6, 6.07) is 7.61. The van der Waals surface area contributed by atoms with Gasteiger partial charge in [0.15, 0.2) is 0 Å². The van der Waals surface area contributed by atoms with Crippen LogP contribution in [0.2, 0.25) is 0 Å². The van der Waals surface area contributed by atoms with Crippen molar-refractivity contribution in [2.75, 3.05) is 11.9 Å². The maximum atomic E-state index is 12.8. The van der Waals surface area contributed by atoms with Gasteiger partial charge in [0.25, 0.3) is 5.91 Å². The fourth-order valence-electron chi connectivity index (χ4n) is 4.18. The molecule has 1 aliphatic heterocycles. The van der Waals surface area contributed by atoms with Gasteiger partial charge in [-0.05, 0) is 50.7 Å². The predicted octanol–water partition coefficient (Wildman–Crippen LogP) is 4.34. The van der Waals surface area contributed by atoms with E-state index in [1.165, 1.54) is 37.0 Å². The van der Waals surface area contributed by atoms with Gasteiger partial charge < -0.3 is 10.2 Å². The number of benzene rings is 1. The molecule has 0 radical (unpaired) electrons. The molecule has 2 heterocycles. The van der Waals surface area contributed by atoms with Gasteiger partial charge in [0.2, 0.25) is 10.9 Å². The Kier molecular flexibility index (Phi) is 5.71. The van der Waals surface area contributed by atoms with Crippen molar-refractivity contribution >= 4 is 28.8 Å². The molecule has 1 saturated carbocycles. The molecule has 2 aromatic rings. The lowest BCUT2D eigenvalue weighted by Crippen LogP contribution is -2.31. The predicted molar refractivity (Wildman–Crippen MR) is 109 cm³/mol. The van der Waals surface area contributed by atoms with E-state index >= 15 is 0 Å². The second-order valence-electron chi connectivity index (χ2n) is 7.87. The number of carbonyl (C=O) groups is 2. The number of aromatic nitrogens is 2. The molecule has 1 aromatic heterocycles. The van der Waals surface area contributed by atoms with Crippen LogP contribution in [0.1, 0.15) is 71.4 Å².